The Morgan fingerprint density at radius 3 is 2.10 bits per heavy atom. The van der Waals surface area contributed by atoms with E-state index in [9.17, 15) is 24.8 Å². The second-order valence-electron chi connectivity index (χ2n) is 8.51. The van der Waals surface area contributed by atoms with E-state index in [4.69, 9.17) is 9.47 Å². The Bertz CT molecular complexity index is 782. The van der Waals surface area contributed by atoms with Gasteiger partial charge < -0.3 is 14.6 Å². The fraction of sp³-hybridized carbons (Fsp3) is 0.652. The van der Waals surface area contributed by atoms with Gasteiger partial charge in [0, 0.05) is 12.1 Å². The molecule has 0 aromatic heterocycles. The number of benzene rings is 1. The van der Waals surface area contributed by atoms with Gasteiger partial charge in [0.05, 0.1) is 22.2 Å². The minimum absolute atomic E-state index is 0.0862. The van der Waals surface area contributed by atoms with E-state index in [2.05, 4.69) is 0 Å². The monoisotopic (exact) mass is 437 g/mol. The lowest BCUT2D eigenvalue weighted by Gasteiger charge is -2.29. The van der Waals surface area contributed by atoms with Crippen molar-refractivity contribution in [3.63, 3.8) is 0 Å². The van der Waals surface area contributed by atoms with Crippen LogP contribution in [-0.4, -0.2) is 40.3 Å². The van der Waals surface area contributed by atoms with Crippen molar-refractivity contribution >= 4 is 17.6 Å². The number of nitrogens with zero attached hydrogens (tertiary/aromatic N) is 1. The Hall–Kier alpha value is -2.48. The molecule has 8 nitrogen and oxygen atoms in total. The number of aliphatic hydroxyl groups is 1. The Kier molecular flexibility index (Phi) is 9.62. The van der Waals surface area contributed by atoms with Crippen LogP contribution in [0.1, 0.15) is 94.4 Å². The van der Waals surface area contributed by atoms with E-state index in [1.807, 2.05) is 34.6 Å². The van der Waals surface area contributed by atoms with E-state index in [0.717, 1.165) is 25.0 Å². The highest BCUT2D eigenvalue weighted by Gasteiger charge is 2.30. The number of non-ortho nitro benzene ring substituents is 1. The van der Waals surface area contributed by atoms with E-state index in [0.29, 0.717) is 19.3 Å². The summed E-state index contributed by atoms with van der Waals surface area (Å²) in [4.78, 5) is 35.9. The number of esters is 2. The molecule has 1 aromatic carbocycles. The molecule has 0 aliphatic carbocycles. The predicted molar refractivity (Wildman–Crippen MR) is 117 cm³/mol. The van der Waals surface area contributed by atoms with Crippen LogP contribution in [-0.2, 0) is 9.47 Å². The SMILES string of the molecule is CCC(C)(CC)CC(O)COC(=O)c1cc([N+](=O)[O-])ccc1C(=O)OC(C)(CC)CC. The summed E-state index contributed by atoms with van der Waals surface area (Å²) in [6, 6.07) is 3.35. The number of aliphatic hydroxyl groups excluding tert-OH is 1. The first-order chi connectivity index (χ1) is 14.4. The lowest BCUT2D eigenvalue weighted by atomic mass is 9.80. The summed E-state index contributed by atoms with van der Waals surface area (Å²) in [6.07, 6.45) is 2.43. The van der Waals surface area contributed by atoms with E-state index in [1.54, 1.807) is 6.92 Å². The second kappa shape index (κ2) is 11.2. The topological polar surface area (TPSA) is 116 Å². The van der Waals surface area contributed by atoms with Gasteiger partial charge in [-0.3, -0.25) is 10.1 Å². The fourth-order valence-corrected chi connectivity index (χ4v) is 3.08. The molecule has 0 radical (unpaired) electrons. The molecule has 1 unspecified atom stereocenters. The first-order valence-corrected chi connectivity index (χ1v) is 10.8. The van der Waals surface area contributed by atoms with Crippen LogP contribution in [0.4, 0.5) is 5.69 Å². The molecular formula is C23H35NO7. The van der Waals surface area contributed by atoms with Crippen molar-refractivity contribution < 1.29 is 29.1 Å². The minimum Gasteiger partial charge on any atom is -0.459 e. The lowest BCUT2D eigenvalue weighted by molar-refractivity contribution is -0.384. The van der Waals surface area contributed by atoms with Crippen LogP contribution in [0.3, 0.4) is 0 Å². The number of hydrogen-bond acceptors (Lipinski definition) is 7. The standard InChI is InChI=1S/C23H35NO7/c1-7-22(5,8-2)14-17(25)15-30-20(26)19-13-16(24(28)29)11-12-18(19)21(27)31-23(6,9-3)10-4/h11-13,17,25H,7-10,14-15H2,1-6H3. The molecule has 0 bridgehead atoms. The van der Waals surface area contributed by atoms with Crippen LogP contribution in [0.25, 0.3) is 0 Å². The van der Waals surface area contributed by atoms with E-state index in [-0.39, 0.29) is 28.8 Å². The molecular weight excluding hydrogens is 402 g/mol. The zero-order valence-corrected chi connectivity index (χ0v) is 19.4. The Morgan fingerprint density at radius 2 is 1.61 bits per heavy atom. The fourth-order valence-electron chi connectivity index (χ4n) is 3.08. The number of nitro groups is 1. The van der Waals surface area contributed by atoms with Crippen molar-refractivity contribution in [1.82, 2.24) is 0 Å². The normalized spacial score (nSPS) is 12.9. The molecule has 0 saturated carbocycles. The molecule has 8 heteroatoms. The molecule has 174 valence electrons. The highest BCUT2D eigenvalue weighted by atomic mass is 16.6. The third kappa shape index (κ3) is 7.31. The average molecular weight is 438 g/mol. The van der Waals surface area contributed by atoms with Gasteiger partial charge in [-0.1, -0.05) is 47.5 Å². The van der Waals surface area contributed by atoms with Crippen LogP contribution in [0, 0.1) is 15.5 Å². The van der Waals surface area contributed by atoms with Gasteiger partial charge in [-0.25, -0.2) is 9.59 Å². The summed E-state index contributed by atoms with van der Waals surface area (Å²) in [7, 11) is 0. The molecule has 0 heterocycles. The lowest BCUT2D eigenvalue weighted by Crippen LogP contribution is -2.31. The summed E-state index contributed by atoms with van der Waals surface area (Å²) in [6.45, 7) is 11.4. The summed E-state index contributed by atoms with van der Waals surface area (Å²) in [5.74, 6) is -1.67. The first-order valence-electron chi connectivity index (χ1n) is 10.8. The number of carbonyl (C=O) groups excluding carboxylic acids is 2. The van der Waals surface area contributed by atoms with Gasteiger partial charge in [-0.05, 0) is 37.7 Å². The van der Waals surface area contributed by atoms with E-state index < -0.39 is 28.6 Å². The third-order valence-corrected chi connectivity index (χ3v) is 6.33. The van der Waals surface area contributed by atoms with Gasteiger partial charge in [-0.15, -0.1) is 0 Å². The van der Waals surface area contributed by atoms with Gasteiger partial charge in [0.15, 0.2) is 0 Å². The highest BCUT2D eigenvalue weighted by molar-refractivity contribution is 6.03. The van der Waals surface area contributed by atoms with Gasteiger partial charge >= 0.3 is 11.9 Å². The quantitative estimate of drug-likeness (QED) is 0.276. The predicted octanol–water partition coefficient (Wildman–Crippen LogP) is 5.06. The van der Waals surface area contributed by atoms with Crippen molar-refractivity contribution in [2.24, 2.45) is 5.41 Å². The summed E-state index contributed by atoms with van der Waals surface area (Å²) in [5.41, 5.74) is -1.51. The maximum atomic E-state index is 12.7. The smallest absolute Gasteiger partial charge is 0.339 e. The summed E-state index contributed by atoms with van der Waals surface area (Å²) < 4.78 is 10.8. The maximum absolute atomic E-state index is 12.7. The van der Waals surface area contributed by atoms with Crippen LogP contribution in [0.2, 0.25) is 0 Å². The van der Waals surface area contributed by atoms with E-state index in [1.165, 1.54) is 6.07 Å². The summed E-state index contributed by atoms with van der Waals surface area (Å²) in [5, 5.41) is 21.5. The van der Waals surface area contributed by atoms with Crippen LogP contribution >= 0.6 is 0 Å². The minimum atomic E-state index is -0.917. The van der Waals surface area contributed by atoms with Gasteiger partial charge in [0.1, 0.15) is 12.2 Å². The zero-order valence-electron chi connectivity index (χ0n) is 19.4. The second-order valence-corrected chi connectivity index (χ2v) is 8.51. The number of carbonyl (C=O) groups is 2. The molecule has 1 atom stereocenters. The first kappa shape index (κ1) is 26.6. The molecule has 1 rings (SSSR count). The molecule has 0 amide bonds. The molecule has 0 fully saturated rings. The Morgan fingerprint density at radius 1 is 1.03 bits per heavy atom. The van der Waals surface area contributed by atoms with Gasteiger partial charge in [-0.2, -0.15) is 0 Å². The summed E-state index contributed by atoms with van der Waals surface area (Å²) >= 11 is 0. The van der Waals surface area contributed by atoms with Crippen LogP contribution in [0.5, 0.6) is 0 Å². The maximum Gasteiger partial charge on any atom is 0.339 e. The highest BCUT2D eigenvalue weighted by Crippen LogP contribution is 2.31. The molecule has 1 N–H and O–H groups in total. The Labute approximate surface area is 184 Å². The number of ether oxygens (including phenoxy) is 2. The number of nitro benzene ring substituents is 1. The van der Waals surface area contributed by atoms with Crippen molar-refractivity contribution in [2.75, 3.05) is 6.61 Å². The van der Waals surface area contributed by atoms with Crippen LogP contribution in [0.15, 0.2) is 18.2 Å². The van der Waals surface area contributed by atoms with Crippen LogP contribution < -0.4 is 0 Å². The van der Waals surface area contributed by atoms with Gasteiger partial charge in [0.2, 0.25) is 0 Å². The number of hydrogen-bond donors (Lipinski definition) is 1. The Balaban J connectivity index is 3.09. The van der Waals surface area contributed by atoms with Crippen molar-refractivity contribution in [3.8, 4) is 0 Å². The molecule has 0 aliphatic heterocycles. The zero-order chi connectivity index (χ0) is 23.8. The number of rotatable bonds is 12. The molecule has 1 aromatic rings. The third-order valence-electron chi connectivity index (χ3n) is 6.33. The van der Waals surface area contributed by atoms with E-state index >= 15 is 0 Å². The van der Waals surface area contributed by atoms with Crippen molar-refractivity contribution in [2.45, 2.75) is 85.4 Å². The average Bonchev–Trinajstić information content (AvgIpc) is 2.76. The molecule has 31 heavy (non-hydrogen) atoms. The molecule has 0 spiro atoms. The largest absolute Gasteiger partial charge is 0.459 e. The van der Waals surface area contributed by atoms with Crippen molar-refractivity contribution in [1.29, 1.82) is 0 Å². The van der Waals surface area contributed by atoms with Gasteiger partial charge in [0.25, 0.3) is 5.69 Å². The molecule has 0 saturated heterocycles. The molecule has 0 aliphatic rings. The van der Waals surface area contributed by atoms with Crippen molar-refractivity contribution in [3.05, 3.63) is 39.4 Å².